The highest BCUT2D eigenvalue weighted by molar-refractivity contribution is 6.02. The van der Waals surface area contributed by atoms with Gasteiger partial charge in [0.2, 0.25) is 23.6 Å². The van der Waals surface area contributed by atoms with Crippen LogP contribution in [0.15, 0.2) is 66.7 Å². The van der Waals surface area contributed by atoms with Gasteiger partial charge in [0.15, 0.2) is 0 Å². The lowest BCUT2D eigenvalue weighted by Gasteiger charge is -2.22. The minimum Gasteiger partial charge on any atom is -0.496 e. The number of hydrogen-bond donors (Lipinski definition) is 5. The molecule has 11 heteroatoms. The average molecular weight is 563 g/mol. The Morgan fingerprint density at radius 2 is 1.46 bits per heavy atom. The number of fused-ring (bicyclic) bond motifs is 1. The summed E-state index contributed by atoms with van der Waals surface area (Å²) in [5, 5.41) is 20.9. The zero-order valence-corrected chi connectivity index (χ0v) is 23.1. The Morgan fingerprint density at radius 1 is 0.805 bits per heavy atom. The van der Waals surface area contributed by atoms with Gasteiger partial charge in [-0.05, 0) is 30.9 Å². The molecule has 0 saturated carbocycles. The number of carbonyl (C=O) groups excluding carboxylic acids is 4. The molecule has 0 aromatic heterocycles. The van der Waals surface area contributed by atoms with Gasteiger partial charge in [-0.3, -0.25) is 29.3 Å². The fourth-order valence-electron chi connectivity index (χ4n) is 4.11. The predicted octanol–water partition coefficient (Wildman–Crippen LogP) is 2.39. The van der Waals surface area contributed by atoms with E-state index in [2.05, 4.69) is 21.3 Å². The van der Waals surface area contributed by atoms with E-state index in [4.69, 9.17) is 9.84 Å². The third-order valence-corrected chi connectivity index (χ3v) is 6.32. The van der Waals surface area contributed by atoms with Crippen molar-refractivity contribution < 1.29 is 33.8 Å². The molecule has 0 heterocycles. The van der Waals surface area contributed by atoms with E-state index in [1.807, 2.05) is 60.7 Å². The third-order valence-electron chi connectivity index (χ3n) is 6.32. The summed E-state index contributed by atoms with van der Waals surface area (Å²) in [7, 11) is 1.57. The van der Waals surface area contributed by atoms with E-state index in [1.54, 1.807) is 13.2 Å². The summed E-state index contributed by atoms with van der Waals surface area (Å²) in [6.45, 7) is 2.81. The number of hydrogen-bond acceptors (Lipinski definition) is 7. The maximum atomic E-state index is 13.3. The average Bonchev–Trinajstić information content (AvgIpc) is 2.95. The molecule has 3 aromatic rings. The van der Waals surface area contributed by atoms with Gasteiger partial charge in [0, 0.05) is 30.0 Å². The van der Waals surface area contributed by atoms with Crippen LogP contribution in [0, 0.1) is 0 Å². The Balaban J connectivity index is 1.69. The maximum Gasteiger partial charge on any atom is 0.303 e. The van der Waals surface area contributed by atoms with Crippen LogP contribution < -0.4 is 26.0 Å². The van der Waals surface area contributed by atoms with Crippen molar-refractivity contribution in [2.75, 3.05) is 12.4 Å². The Hall–Kier alpha value is -4.93. The molecule has 3 rings (SSSR count). The number of carboxylic acid groups (broad SMARTS) is 1. The quantitative estimate of drug-likeness (QED) is 0.212. The number of rotatable bonds is 13. The van der Waals surface area contributed by atoms with Crippen LogP contribution in [0.5, 0.6) is 5.75 Å². The summed E-state index contributed by atoms with van der Waals surface area (Å²) in [6, 6.07) is 17.7. The van der Waals surface area contributed by atoms with Gasteiger partial charge in [-0.1, -0.05) is 54.6 Å². The zero-order valence-electron chi connectivity index (χ0n) is 23.1. The number of carboxylic acids is 1. The van der Waals surface area contributed by atoms with Crippen molar-refractivity contribution in [1.82, 2.24) is 16.0 Å². The molecule has 3 atom stereocenters. The molecule has 0 fully saturated rings. The first-order chi connectivity index (χ1) is 19.6. The predicted molar refractivity (Wildman–Crippen MR) is 153 cm³/mol. The first-order valence-electron chi connectivity index (χ1n) is 13.1. The Kier molecular flexibility index (Phi) is 10.8. The second-order valence-corrected chi connectivity index (χ2v) is 9.55. The van der Waals surface area contributed by atoms with Crippen molar-refractivity contribution in [2.45, 2.75) is 51.2 Å². The normalized spacial score (nSPS) is 12.9. The van der Waals surface area contributed by atoms with Crippen LogP contribution in [0.4, 0.5) is 5.69 Å². The van der Waals surface area contributed by atoms with Gasteiger partial charge in [0.05, 0.1) is 13.5 Å². The highest BCUT2D eigenvalue weighted by Gasteiger charge is 2.26. The van der Waals surface area contributed by atoms with Gasteiger partial charge < -0.3 is 25.8 Å². The number of nitrogens with one attached hydrogen (secondary N) is 4. The topological polar surface area (TPSA) is 163 Å². The molecule has 216 valence electrons. The lowest BCUT2D eigenvalue weighted by atomic mass is 10.0. The second-order valence-electron chi connectivity index (χ2n) is 9.55. The SMILES string of the molecule is COc1cc(N[C@@H](Cc2ccccc2)C(=O)NC(=O)[C@H](C)NC(=O)[C@H](C)NC(=O)CCC(=O)O)cc2ccccc12. The van der Waals surface area contributed by atoms with Gasteiger partial charge in [0.25, 0.3) is 0 Å². The minimum atomic E-state index is -1.13. The smallest absolute Gasteiger partial charge is 0.303 e. The van der Waals surface area contributed by atoms with E-state index in [9.17, 15) is 24.0 Å². The number of aliphatic carboxylic acids is 1. The Morgan fingerprint density at radius 3 is 2.15 bits per heavy atom. The molecule has 0 saturated heterocycles. The second kappa shape index (κ2) is 14.5. The molecule has 0 bridgehead atoms. The highest BCUT2D eigenvalue weighted by Crippen LogP contribution is 2.30. The number of methoxy groups -OCH3 is 1. The van der Waals surface area contributed by atoms with E-state index in [0.717, 1.165) is 16.3 Å². The van der Waals surface area contributed by atoms with E-state index < -0.39 is 47.7 Å². The molecule has 41 heavy (non-hydrogen) atoms. The summed E-state index contributed by atoms with van der Waals surface area (Å²) in [5.74, 6) is -3.10. The van der Waals surface area contributed by atoms with Crippen LogP contribution in [-0.2, 0) is 30.4 Å². The zero-order chi connectivity index (χ0) is 29.9. The van der Waals surface area contributed by atoms with Gasteiger partial charge in [-0.2, -0.15) is 0 Å². The van der Waals surface area contributed by atoms with E-state index in [0.29, 0.717) is 11.4 Å². The van der Waals surface area contributed by atoms with Crippen LogP contribution in [0.1, 0.15) is 32.3 Å². The summed E-state index contributed by atoms with van der Waals surface area (Å²) >= 11 is 0. The summed E-state index contributed by atoms with van der Waals surface area (Å²) in [4.78, 5) is 61.1. The van der Waals surface area contributed by atoms with Crippen molar-refractivity contribution in [3.8, 4) is 5.75 Å². The van der Waals surface area contributed by atoms with Crippen molar-refractivity contribution in [1.29, 1.82) is 0 Å². The van der Waals surface area contributed by atoms with Crippen LogP contribution >= 0.6 is 0 Å². The van der Waals surface area contributed by atoms with Crippen molar-refractivity contribution in [3.63, 3.8) is 0 Å². The fourth-order valence-corrected chi connectivity index (χ4v) is 4.11. The number of imide groups is 1. The number of anilines is 1. The maximum absolute atomic E-state index is 13.3. The summed E-state index contributed by atoms with van der Waals surface area (Å²) in [6.07, 6.45) is -0.378. The summed E-state index contributed by atoms with van der Waals surface area (Å²) < 4.78 is 5.54. The number of benzene rings is 3. The van der Waals surface area contributed by atoms with Crippen molar-refractivity contribution in [3.05, 3.63) is 72.3 Å². The monoisotopic (exact) mass is 562 g/mol. The minimum absolute atomic E-state index is 0.273. The van der Waals surface area contributed by atoms with Gasteiger partial charge in [0.1, 0.15) is 23.9 Å². The van der Waals surface area contributed by atoms with Crippen LogP contribution in [0.2, 0.25) is 0 Å². The summed E-state index contributed by atoms with van der Waals surface area (Å²) in [5.41, 5.74) is 1.49. The van der Waals surface area contributed by atoms with Gasteiger partial charge in [-0.25, -0.2) is 0 Å². The number of amides is 4. The van der Waals surface area contributed by atoms with Gasteiger partial charge >= 0.3 is 5.97 Å². The molecule has 0 spiro atoms. The fraction of sp³-hybridized carbons (Fsp3) is 0.300. The molecule has 5 N–H and O–H groups in total. The van der Waals surface area contributed by atoms with Crippen molar-refractivity contribution >= 4 is 46.1 Å². The van der Waals surface area contributed by atoms with Gasteiger partial charge in [-0.15, -0.1) is 0 Å². The molecule has 0 radical (unpaired) electrons. The Bertz CT molecular complexity index is 1410. The van der Waals surface area contributed by atoms with Crippen molar-refractivity contribution in [2.24, 2.45) is 0 Å². The van der Waals surface area contributed by atoms with E-state index >= 15 is 0 Å². The first-order valence-corrected chi connectivity index (χ1v) is 13.1. The van der Waals surface area contributed by atoms with Crippen LogP contribution in [0.3, 0.4) is 0 Å². The number of carbonyl (C=O) groups is 5. The molecule has 11 nitrogen and oxygen atoms in total. The highest BCUT2D eigenvalue weighted by atomic mass is 16.5. The molecule has 0 aliphatic rings. The molecule has 3 aromatic carbocycles. The third kappa shape index (κ3) is 9.06. The Labute approximate surface area is 237 Å². The molecule has 0 aliphatic heterocycles. The van der Waals surface area contributed by atoms with Crippen LogP contribution in [-0.4, -0.2) is 59.9 Å². The van der Waals surface area contributed by atoms with Crippen LogP contribution in [0.25, 0.3) is 10.8 Å². The van der Waals surface area contributed by atoms with E-state index in [1.165, 1.54) is 13.8 Å². The number of ether oxygens (including phenoxy) is 1. The standard InChI is InChI=1S/C30H34N4O7/c1-18(31-26(35)13-14-27(36)37)28(38)32-19(2)29(39)34-30(40)24(15-20-9-5-4-6-10-20)33-22-16-21-11-7-8-12-23(21)25(17-22)41-3/h4-12,16-19,24,33H,13-15H2,1-3H3,(H,31,35)(H,32,38)(H,36,37)(H,34,39,40)/t18-,19-,24-/m0/s1. The lowest BCUT2D eigenvalue weighted by Crippen LogP contribution is -2.54. The van der Waals surface area contributed by atoms with E-state index in [-0.39, 0.29) is 19.3 Å². The largest absolute Gasteiger partial charge is 0.496 e. The molecular weight excluding hydrogens is 528 g/mol. The molecular formula is C30H34N4O7. The molecule has 0 unspecified atom stereocenters. The lowest BCUT2D eigenvalue weighted by molar-refractivity contribution is -0.139. The first kappa shape index (κ1) is 30.6. The molecule has 0 aliphatic carbocycles. The molecule has 4 amide bonds.